The van der Waals surface area contributed by atoms with Gasteiger partial charge in [0.1, 0.15) is 0 Å². The van der Waals surface area contributed by atoms with Crippen molar-refractivity contribution in [3.05, 3.63) is 63.7 Å². The van der Waals surface area contributed by atoms with E-state index in [0.717, 1.165) is 35.7 Å². The van der Waals surface area contributed by atoms with E-state index in [1.54, 1.807) is 0 Å². The Morgan fingerprint density at radius 3 is 2.55 bits per heavy atom. The molecule has 0 amide bonds. The zero-order valence-corrected chi connectivity index (χ0v) is 19.4. The highest BCUT2D eigenvalue weighted by Crippen LogP contribution is 2.36. The minimum atomic E-state index is 0.168. The molecule has 1 saturated heterocycles. The highest BCUT2D eigenvalue weighted by molar-refractivity contribution is 6.36. The Labute approximate surface area is 190 Å². The first-order valence-electron chi connectivity index (χ1n) is 10.6. The van der Waals surface area contributed by atoms with Crippen LogP contribution in [-0.2, 0) is 0 Å². The fourth-order valence-corrected chi connectivity index (χ4v) is 5.05. The summed E-state index contributed by atoms with van der Waals surface area (Å²) in [4.78, 5) is 2.37. The lowest BCUT2D eigenvalue weighted by Gasteiger charge is -2.43. The lowest BCUT2D eigenvalue weighted by molar-refractivity contribution is 0.294. The van der Waals surface area contributed by atoms with Gasteiger partial charge in [-0.15, -0.1) is 0 Å². The van der Waals surface area contributed by atoms with Gasteiger partial charge >= 0.3 is 0 Å². The largest absolute Gasteiger partial charge is 0.363 e. The van der Waals surface area contributed by atoms with E-state index >= 15 is 0 Å². The van der Waals surface area contributed by atoms with Crippen molar-refractivity contribution in [3.63, 3.8) is 0 Å². The number of nitrogens with one attached hydrogen (secondary N) is 1. The predicted octanol–water partition coefficient (Wildman–Crippen LogP) is 7.51. The summed E-state index contributed by atoms with van der Waals surface area (Å²) in [6.07, 6.45) is 14.6. The second kappa shape index (κ2) is 10.9. The van der Waals surface area contributed by atoms with Gasteiger partial charge in [0.05, 0.1) is 16.8 Å². The molecule has 1 N–H and O–H groups in total. The maximum Gasteiger partial charge on any atom is 0.0654 e. The predicted molar refractivity (Wildman–Crippen MR) is 129 cm³/mol. The Hall–Kier alpha value is -0.930. The van der Waals surface area contributed by atoms with E-state index in [1.165, 1.54) is 32.1 Å². The molecule has 5 heteroatoms. The zero-order chi connectivity index (χ0) is 20.8. The Kier molecular flexibility index (Phi) is 8.56. The van der Waals surface area contributed by atoms with Gasteiger partial charge in [0.2, 0.25) is 0 Å². The summed E-state index contributed by atoms with van der Waals surface area (Å²) in [5.74, 6) is 0. The van der Waals surface area contributed by atoms with Gasteiger partial charge in [-0.1, -0.05) is 72.8 Å². The molecule has 0 radical (unpaired) electrons. The van der Waals surface area contributed by atoms with E-state index < -0.39 is 0 Å². The van der Waals surface area contributed by atoms with Crippen molar-refractivity contribution in [2.24, 2.45) is 0 Å². The molecule has 0 bridgehead atoms. The first-order valence-corrected chi connectivity index (χ1v) is 11.8. The van der Waals surface area contributed by atoms with Crippen LogP contribution in [-0.4, -0.2) is 24.7 Å². The lowest BCUT2D eigenvalue weighted by Crippen LogP contribution is -2.51. The summed E-state index contributed by atoms with van der Waals surface area (Å²) in [6, 6.07) is 7.05. The topological polar surface area (TPSA) is 15.3 Å². The molecule has 1 aromatic carbocycles. The smallest absolute Gasteiger partial charge is 0.0654 e. The standard InChI is InChI=1S/C24H31Cl3N2/c1-3-18(25)10-9-17(2)24-16-21(28-20-7-5-4-6-8-20)13-14-29(24)23-12-11-19(26)15-22(23)27/h3,9-12,15,20-21,24,28H,2,4-8,13-14,16H2,1H3/b10-9-,18-3+. The third kappa shape index (κ3) is 6.28. The van der Waals surface area contributed by atoms with Crippen LogP contribution in [0, 0.1) is 0 Å². The highest BCUT2D eigenvalue weighted by atomic mass is 35.5. The summed E-state index contributed by atoms with van der Waals surface area (Å²) < 4.78 is 0. The number of hydrogen-bond donors (Lipinski definition) is 1. The number of piperidine rings is 1. The van der Waals surface area contributed by atoms with Gasteiger partial charge in [0.25, 0.3) is 0 Å². The summed E-state index contributed by atoms with van der Waals surface area (Å²) in [6.45, 7) is 7.24. The van der Waals surface area contributed by atoms with Gasteiger partial charge in [-0.05, 0) is 62.5 Å². The van der Waals surface area contributed by atoms with Gasteiger partial charge in [-0.25, -0.2) is 0 Å². The molecule has 2 unspecified atom stereocenters. The fraction of sp³-hybridized carbons (Fsp3) is 0.500. The number of hydrogen-bond acceptors (Lipinski definition) is 2. The van der Waals surface area contributed by atoms with Crippen LogP contribution in [0.1, 0.15) is 51.9 Å². The van der Waals surface area contributed by atoms with Crippen LogP contribution in [0.3, 0.4) is 0 Å². The molecule has 2 atom stereocenters. The molecule has 0 spiro atoms. The molecule has 1 aliphatic heterocycles. The van der Waals surface area contributed by atoms with Gasteiger partial charge in [0, 0.05) is 28.7 Å². The average molecular weight is 454 g/mol. The highest BCUT2D eigenvalue weighted by Gasteiger charge is 2.32. The third-order valence-corrected chi connectivity index (χ3v) is 6.94. The molecule has 158 valence electrons. The van der Waals surface area contributed by atoms with Crippen LogP contribution in [0.15, 0.2) is 53.6 Å². The normalized spacial score (nSPS) is 24.3. The van der Waals surface area contributed by atoms with E-state index in [-0.39, 0.29) is 6.04 Å². The molecule has 3 rings (SSSR count). The maximum absolute atomic E-state index is 6.56. The Morgan fingerprint density at radius 1 is 1.10 bits per heavy atom. The summed E-state index contributed by atoms with van der Waals surface area (Å²) >= 11 is 18.9. The van der Waals surface area contributed by atoms with Crippen LogP contribution in [0.5, 0.6) is 0 Å². The molecule has 1 saturated carbocycles. The first-order chi connectivity index (χ1) is 14.0. The van der Waals surface area contributed by atoms with E-state index in [0.29, 0.717) is 22.1 Å². The van der Waals surface area contributed by atoms with Crippen molar-refractivity contribution in [1.82, 2.24) is 5.32 Å². The van der Waals surface area contributed by atoms with Gasteiger partial charge < -0.3 is 10.2 Å². The second-order valence-corrected chi connectivity index (χ2v) is 9.39. The zero-order valence-electron chi connectivity index (χ0n) is 17.1. The summed E-state index contributed by atoms with van der Waals surface area (Å²) in [5.41, 5.74) is 2.06. The third-order valence-electron chi connectivity index (χ3n) is 6.06. The molecule has 2 nitrogen and oxygen atoms in total. The van der Waals surface area contributed by atoms with Gasteiger partial charge in [0.15, 0.2) is 0 Å². The minimum Gasteiger partial charge on any atom is -0.363 e. The number of rotatable bonds is 6. The SMILES string of the molecule is C=C(/C=C\C(Cl)=C/C)C1CC(NC2CCCCC2)CCN1c1ccc(Cl)cc1Cl. The number of nitrogens with zero attached hydrogens (tertiary/aromatic N) is 1. The minimum absolute atomic E-state index is 0.168. The number of halogens is 3. The molecular formula is C24H31Cl3N2. The van der Waals surface area contributed by atoms with Crippen molar-refractivity contribution in [2.75, 3.05) is 11.4 Å². The van der Waals surface area contributed by atoms with Crippen LogP contribution >= 0.6 is 34.8 Å². The number of benzene rings is 1. The summed E-state index contributed by atoms with van der Waals surface area (Å²) in [7, 11) is 0. The summed E-state index contributed by atoms with van der Waals surface area (Å²) in [5, 5.41) is 5.99. The van der Waals surface area contributed by atoms with Crippen molar-refractivity contribution in [1.29, 1.82) is 0 Å². The molecule has 2 fully saturated rings. The molecular weight excluding hydrogens is 423 g/mol. The van der Waals surface area contributed by atoms with E-state index in [4.69, 9.17) is 34.8 Å². The fourth-order valence-electron chi connectivity index (χ4n) is 4.47. The van der Waals surface area contributed by atoms with Crippen molar-refractivity contribution < 1.29 is 0 Å². The first kappa shape index (κ1) is 22.7. The van der Waals surface area contributed by atoms with E-state index in [2.05, 4.69) is 16.8 Å². The quantitative estimate of drug-likeness (QED) is 0.448. The van der Waals surface area contributed by atoms with E-state index in [1.807, 2.05) is 43.4 Å². The Bertz CT molecular complexity index is 765. The van der Waals surface area contributed by atoms with Gasteiger partial charge in [-0.3, -0.25) is 0 Å². The Morgan fingerprint density at radius 2 is 1.86 bits per heavy atom. The van der Waals surface area contributed by atoms with Crippen LogP contribution < -0.4 is 10.2 Å². The molecule has 1 aliphatic carbocycles. The maximum atomic E-state index is 6.56. The monoisotopic (exact) mass is 452 g/mol. The van der Waals surface area contributed by atoms with Crippen LogP contribution in [0.2, 0.25) is 10.0 Å². The molecule has 2 aliphatic rings. The molecule has 0 aromatic heterocycles. The number of anilines is 1. The second-order valence-electron chi connectivity index (χ2n) is 8.11. The average Bonchev–Trinajstić information content (AvgIpc) is 2.73. The van der Waals surface area contributed by atoms with Crippen molar-refractivity contribution in [2.45, 2.75) is 70.0 Å². The van der Waals surface area contributed by atoms with E-state index in [9.17, 15) is 0 Å². The van der Waals surface area contributed by atoms with Gasteiger partial charge in [-0.2, -0.15) is 0 Å². The Balaban J connectivity index is 1.79. The van der Waals surface area contributed by atoms with Crippen LogP contribution in [0.25, 0.3) is 0 Å². The lowest BCUT2D eigenvalue weighted by atomic mass is 9.89. The van der Waals surface area contributed by atoms with Crippen molar-refractivity contribution in [3.8, 4) is 0 Å². The molecule has 29 heavy (non-hydrogen) atoms. The van der Waals surface area contributed by atoms with Crippen molar-refractivity contribution >= 4 is 40.5 Å². The molecule has 1 heterocycles. The number of allylic oxidation sites excluding steroid dienone is 3. The van der Waals surface area contributed by atoms with Crippen LogP contribution in [0.4, 0.5) is 5.69 Å². The molecule has 1 aromatic rings.